The number of likely N-dealkylation sites (tertiary alicyclic amines) is 1. The van der Waals surface area contributed by atoms with E-state index in [1.165, 1.54) is 6.20 Å². The van der Waals surface area contributed by atoms with Crippen molar-refractivity contribution in [1.29, 1.82) is 0 Å². The maximum absolute atomic E-state index is 12.9. The number of hydrogen-bond donors (Lipinski definition) is 1. The molecule has 2 rings (SSSR count). The summed E-state index contributed by atoms with van der Waals surface area (Å²) in [6.45, 7) is 5.63. The molecule has 0 aliphatic carbocycles. The third-order valence-electron chi connectivity index (χ3n) is 3.82. The van der Waals surface area contributed by atoms with Gasteiger partial charge in [0.1, 0.15) is 0 Å². The van der Waals surface area contributed by atoms with Gasteiger partial charge in [-0.05, 0) is 32.9 Å². The highest BCUT2D eigenvalue weighted by Gasteiger charge is 2.46. The molecular weight excluding hydrogens is 285 g/mol. The second-order valence-corrected chi connectivity index (χ2v) is 5.24. The van der Waals surface area contributed by atoms with Crippen molar-refractivity contribution >= 4 is 11.6 Å². The maximum atomic E-state index is 12.9. The largest absolute Gasteiger partial charge is 0.471 e. The first-order chi connectivity index (χ1) is 9.84. The highest BCUT2D eigenvalue weighted by Crippen LogP contribution is 2.30. The predicted molar refractivity (Wildman–Crippen MR) is 72.0 cm³/mol. The van der Waals surface area contributed by atoms with E-state index in [9.17, 15) is 18.0 Å². The van der Waals surface area contributed by atoms with Crippen LogP contribution in [0.4, 0.5) is 18.9 Å². The Morgan fingerprint density at radius 1 is 1.57 bits per heavy atom. The van der Waals surface area contributed by atoms with Crippen molar-refractivity contribution in [3.8, 4) is 0 Å². The molecule has 0 radical (unpaired) electrons. The van der Waals surface area contributed by atoms with Crippen LogP contribution in [-0.4, -0.2) is 52.9 Å². The molecule has 21 heavy (non-hydrogen) atoms. The van der Waals surface area contributed by atoms with Crippen LogP contribution < -0.4 is 4.90 Å². The molecule has 118 valence electrons. The van der Waals surface area contributed by atoms with Crippen LogP contribution in [0, 0.1) is 6.92 Å². The van der Waals surface area contributed by atoms with Gasteiger partial charge in [-0.15, -0.1) is 0 Å². The Hall–Kier alpha value is -1.57. The van der Waals surface area contributed by atoms with Gasteiger partial charge in [0.2, 0.25) is 0 Å². The van der Waals surface area contributed by atoms with Crippen molar-refractivity contribution in [2.75, 3.05) is 24.5 Å². The lowest BCUT2D eigenvalue weighted by Crippen LogP contribution is -2.54. The van der Waals surface area contributed by atoms with E-state index in [-0.39, 0.29) is 5.69 Å². The van der Waals surface area contributed by atoms with Crippen molar-refractivity contribution in [3.63, 3.8) is 0 Å². The smallest absolute Gasteiger partial charge is 0.302 e. The lowest BCUT2D eigenvalue weighted by molar-refractivity contribution is -0.171. The average molecular weight is 304 g/mol. The summed E-state index contributed by atoms with van der Waals surface area (Å²) < 4.78 is 38.8. The first kappa shape index (κ1) is 15.8. The molecule has 0 bridgehead atoms. The number of aromatic nitrogens is 2. The van der Waals surface area contributed by atoms with Crippen LogP contribution >= 0.6 is 0 Å². The zero-order chi connectivity index (χ0) is 15.6. The fraction of sp³-hybridized carbons (Fsp3) is 0.692. The Morgan fingerprint density at radius 2 is 2.29 bits per heavy atom. The van der Waals surface area contributed by atoms with Gasteiger partial charge in [0, 0.05) is 6.54 Å². The Kier molecular flexibility index (Phi) is 4.55. The topological polar surface area (TPSA) is 52.2 Å². The summed E-state index contributed by atoms with van der Waals surface area (Å²) in [6.07, 6.45) is -2.28. The van der Waals surface area contributed by atoms with Gasteiger partial charge in [0.05, 0.1) is 23.6 Å². The molecule has 8 heteroatoms. The van der Waals surface area contributed by atoms with Crippen molar-refractivity contribution in [3.05, 3.63) is 11.9 Å². The van der Waals surface area contributed by atoms with Crippen molar-refractivity contribution in [1.82, 2.24) is 15.1 Å². The molecule has 1 aliphatic heterocycles. The Labute approximate surface area is 121 Å². The summed E-state index contributed by atoms with van der Waals surface area (Å²) in [5.41, 5.74) is 0.668. The van der Waals surface area contributed by atoms with Gasteiger partial charge in [-0.1, -0.05) is 6.92 Å². The third kappa shape index (κ3) is 3.37. The molecule has 1 saturated heterocycles. The monoisotopic (exact) mass is 304 g/mol. The Balaban J connectivity index is 2.32. The molecular formula is C13H19F3N4O. The van der Waals surface area contributed by atoms with Crippen molar-refractivity contribution < 1.29 is 18.0 Å². The summed E-state index contributed by atoms with van der Waals surface area (Å²) >= 11 is 0. The summed E-state index contributed by atoms with van der Waals surface area (Å²) in [5.74, 6) is -1.82. The number of carbonyl (C=O) groups excluding carboxylic acids is 1. The normalized spacial score (nSPS) is 20.5. The minimum absolute atomic E-state index is 0.209. The zero-order valence-corrected chi connectivity index (χ0v) is 12.1. The summed E-state index contributed by atoms with van der Waals surface area (Å²) in [7, 11) is 0. The molecule has 2 heterocycles. The number of anilines is 1. The van der Waals surface area contributed by atoms with Crippen LogP contribution in [0.1, 0.15) is 25.5 Å². The van der Waals surface area contributed by atoms with Gasteiger partial charge >= 0.3 is 12.1 Å². The molecule has 1 unspecified atom stereocenters. The molecule has 0 spiro atoms. The molecule has 5 nitrogen and oxygen atoms in total. The van der Waals surface area contributed by atoms with E-state index in [1.54, 1.807) is 6.92 Å². The Morgan fingerprint density at radius 3 is 2.81 bits per heavy atom. The molecule has 1 aromatic heterocycles. The van der Waals surface area contributed by atoms with E-state index in [4.69, 9.17) is 0 Å². The van der Waals surface area contributed by atoms with E-state index in [1.807, 2.05) is 6.92 Å². The number of alkyl halides is 3. The molecule has 1 aliphatic rings. The number of carbonyl (C=O) groups is 1. The number of aromatic amines is 1. The second-order valence-electron chi connectivity index (χ2n) is 5.24. The minimum atomic E-state index is -4.89. The molecule has 0 aromatic carbocycles. The van der Waals surface area contributed by atoms with Crippen LogP contribution in [0.2, 0.25) is 0 Å². The standard InChI is InChI=1S/C13H19F3N4O/c1-3-19-6-4-5-10(8-19)20(12(21)13(14,15)16)11-7-17-18-9(11)2/h7,10H,3-6,8H2,1-2H3,(H,17,18). The number of nitrogens with zero attached hydrogens (tertiary/aromatic N) is 3. The van der Waals surface area contributed by atoms with E-state index in [0.29, 0.717) is 18.7 Å². The van der Waals surface area contributed by atoms with Crippen LogP contribution in [-0.2, 0) is 4.79 Å². The maximum Gasteiger partial charge on any atom is 0.471 e. The lowest BCUT2D eigenvalue weighted by Gasteiger charge is -2.38. The highest BCUT2D eigenvalue weighted by atomic mass is 19.4. The zero-order valence-electron chi connectivity index (χ0n) is 12.1. The molecule has 1 amide bonds. The minimum Gasteiger partial charge on any atom is -0.302 e. The van der Waals surface area contributed by atoms with Crippen LogP contribution in [0.25, 0.3) is 0 Å². The number of hydrogen-bond acceptors (Lipinski definition) is 3. The number of piperidine rings is 1. The van der Waals surface area contributed by atoms with Gasteiger partial charge in [-0.3, -0.25) is 14.8 Å². The lowest BCUT2D eigenvalue weighted by atomic mass is 10.0. The quantitative estimate of drug-likeness (QED) is 0.930. The van der Waals surface area contributed by atoms with Crippen molar-refractivity contribution in [2.45, 2.75) is 38.9 Å². The molecule has 1 atom stereocenters. The van der Waals surface area contributed by atoms with Crippen LogP contribution in [0.5, 0.6) is 0 Å². The van der Waals surface area contributed by atoms with Gasteiger partial charge in [-0.25, -0.2) is 0 Å². The molecule has 0 saturated carbocycles. The number of H-pyrrole nitrogens is 1. The van der Waals surface area contributed by atoms with Gasteiger partial charge in [-0.2, -0.15) is 18.3 Å². The number of likely N-dealkylation sites (N-methyl/N-ethyl adjacent to an activating group) is 1. The van der Waals surface area contributed by atoms with Crippen molar-refractivity contribution in [2.24, 2.45) is 0 Å². The molecule has 1 N–H and O–H groups in total. The fourth-order valence-corrected chi connectivity index (χ4v) is 2.72. The Bertz CT molecular complexity index is 500. The number of aryl methyl sites for hydroxylation is 1. The summed E-state index contributed by atoms with van der Waals surface area (Å²) in [5, 5.41) is 6.34. The second kappa shape index (κ2) is 6.05. The first-order valence-corrected chi connectivity index (χ1v) is 6.97. The van der Waals surface area contributed by atoms with E-state index >= 15 is 0 Å². The average Bonchev–Trinajstić information content (AvgIpc) is 2.84. The SMILES string of the molecule is CCN1CCCC(N(C(=O)C(F)(F)F)c2cn[nH]c2C)C1. The van der Waals surface area contributed by atoms with E-state index in [2.05, 4.69) is 15.1 Å². The summed E-state index contributed by atoms with van der Waals surface area (Å²) in [6, 6.07) is -0.482. The number of amides is 1. The van der Waals surface area contributed by atoms with Gasteiger partial charge < -0.3 is 4.90 Å². The highest BCUT2D eigenvalue weighted by molar-refractivity contribution is 5.98. The number of halogens is 3. The molecule has 1 aromatic rings. The van der Waals surface area contributed by atoms with E-state index < -0.39 is 18.1 Å². The summed E-state index contributed by atoms with van der Waals surface area (Å²) in [4.78, 5) is 14.8. The number of rotatable bonds is 3. The third-order valence-corrected chi connectivity index (χ3v) is 3.82. The van der Waals surface area contributed by atoms with Crippen LogP contribution in [0.3, 0.4) is 0 Å². The molecule has 1 fully saturated rings. The fourth-order valence-electron chi connectivity index (χ4n) is 2.72. The van der Waals surface area contributed by atoms with E-state index in [0.717, 1.165) is 24.4 Å². The van der Waals surface area contributed by atoms with Gasteiger partial charge in [0.15, 0.2) is 0 Å². The van der Waals surface area contributed by atoms with Crippen LogP contribution in [0.15, 0.2) is 6.20 Å². The first-order valence-electron chi connectivity index (χ1n) is 6.97. The number of nitrogens with one attached hydrogen (secondary N) is 1. The van der Waals surface area contributed by atoms with Gasteiger partial charge in [0.25, 0.3) is 0 Å². The predicted octanol–water partition coefficient (Wildman–Crippen LogP) is 2.10.